The summed E-state index contributed by atoms with van der Waals surface area (Å²) in [6, 6.07) is 1.98. The number of nitrogens with zero attached hydrogens (tertiary/aromatic N) is 1. The maximum atomic E-state index is 12.5. The van der Waals surface area contributed by atoms with Crippen molar-refractivity contribution in [1.82, 2.24) is 4.57 Å². The van der Waals surface area contributed by atoms with Gasteiger partial charge in [-0.2, -0.15) is 0 Å². The molecule has 3 nitrogen and oxygen atoms in total. The van der Waals surface area contributed by atoms with E-state index in [1.807, 2.05) is 19.9 Å². The fourth-order valence-electron chi connectivity index (χ4n) is 2.34. The van der Waals surface area contributed by atoms with Gasteiger partial charge in [-0.05, 0) is 51.7 Å². The summed E-state index contributed by atoms with van der Waals surface area (Å²) < 4.78 is 1.78. The summed E-state index contributed by atoms with van der Waals surface area (Å²) in [5.74, 6) is 0.559. The molecule has 0 atom stereocenters. The molecule has 1 rings (SSSR count). The molecule has 0 aliphatic carbocycles. The van der Waals surface area contributed by atoms with Gasteiger partial charge in [0.05, 0.1) is 11.2 Å². The molecule has 0 fully saturated rings. The predicted molar refractivity (Wildman–Crippen MR) is 74.9 cm³/mol. The van der Waals surface area contributed by atoms with Gasteiger partial charge in [-0.1, -0.05) is 13.8 Å². The van der Waals surface area contributed by atoms with Gasteiger partial charge in [0.1, 0.15) is 0 Å². The van der Waals surface area contributed by atoms with Crippen molar-refractivity contribution in [3.63, 3.8) is 0 Å². The summed E-state index contributed by atoms with van der Waals surface area (Å²) in [6.07, 6.45) is 0.967. The van der Waals surface area contributed by atoms with Crippen LogP contribution in [-0.2, 0) is 12.1 Å². The molecule has 0 aliphatic heterocycles. The molecule has 0 radical (unpaired) electrons. The highest BCUT2D eigenvalue weighted by molar-refractivity contribution is 5.30. The number of rotatable bonds is 4. The van der Waals surface area contributed by atoms with Gasteiger partial charge in [-0.3, -0.25) is 4.79 Å². The van der Waals surface area contributed by atoms with Crippen LogP contribution in [0.25, 0.3) is 0 Å². The Labute approximate surface area is 109 Å². The van der Waals surface area contributed by atoms with E-state index in [1.165, 1.54) is 0 Å². The van der Waals surface area contributed by atoms with Gasteiger partial charge < -0.3 is 9.67 Å². The molecule has 1 heterocycles. The molecular weight excluding hydrogens is 226 g/mol. The second kappa shape index (κ2) is 5.27. The third-order valence-electron chi connectivity index (χ3n) is 3.25. The van der Waals surface area contributed by atoms with E-state index in [4.69, 9.17) is 0 Å². The molecule has 1 aromatic heterocycles. The first kappa shape index (κ1) is 15.0. The Morgan fingerprint density at radius 3 is 2.33 bits per heavy atom. The minimum absolute atomic E-state index is 0.0550. The van der Waals surface area contributed by atoms with Gasteiger partial charge in [0.15, 0.2) is 0 Å². The van der Waals surface area contributed by atoms with Crippen molar-refractivity contribution >= 4 is 0 Å². The van der Waals surface area contributed by atoms with E-state index in [2.05, 4.69) is 13.8 Å². The molecule has 0 aromatic carbocycles. The van der Waals surface area contributed by atoms with E-state index in [0.717, 1.165) is 17.7 Å². The SMILES string of the molecule is Cc1cc(C)n(CCC(C)C)c(=O)c1C(C)(C)O. The summed E-state index contributed by atoms with van der Waals surface area (Å²) in [5, 5.41) is 10.1. The van der Waals surface area contributed by atoms with Gasteiger partial charge in [-0.15, -0.1) is 0 Å². The van der Waals surface area contributed by atoms with Crippen molar-refractivity contribution in [2.45, 2.75) is 60.1 Å². The van der Waals surface area contributed by atoms with Crippen LogP contribution in [0.3, 0.4) is 0 Å². The van der Waals surface area contributed by atoms with Crippen molar-refractivity contribution < 1.29 is 5.11 Å². The van der Waals surface area contributed by atoms with Crippen molar-refractivity contribution in [3.05, 3.63) is 33.2 Å². The molecule has 0 unspecified atom stereocenters. The Balaban J connectivity index is 3.32. The van der Waals surface area contributed by atoms with Crippen molar-refractivity contribution in [2.75, 3.05) is 0 Å². The third-order valence-corrected chi connectivity index (χ3v) is 3.25. The maximum absolute atomic E-state index is 12.5. The lowest BCUT2D eigenvalue weighted by atomic mass is 9.94. The standard InChI is InChI=1S/C15H25NO2/c1-10(2)7-8-16-12(4)9-11(3)13(14(16)17)15(5,6)18/h9-10,18H,7-8H2,1-6H3. The predicted octanol–water partition coefficient (Wildman–Crippen LogP) is 2.74. The van der Waals surface area contributed by atoms with E-state index in [0.29, 0.717) is 18.0 Å². The Kier molecular flexibility index (Phi) is 4.38. The van der Waals surface area contributed by atoms with Crippen molar-refractivity contribution in [3.8, 4) is 0 Å². The summed E-state index contributed by atoms with van der Waals surface area (Å²) in [6.45, 7) is 12.2. The first-order chi connectivity index (χ1) is 8.14. The van der Waals surface area contributed by atoms with Crippen LogP contribution in [0.5, 0.6) is 0 Å². The smallest absolute Gasteiger partial charge is 0.257 e. The summed E-state index contributed by atoms with van der Waals surface area (Å²) in [5.41, 5.74) is 1.20. The van der Waals surface area contributed by atoms with Crippen molar-refractivity contribution in [2.24, 2.45) is 5.92 Å². The quantitative estimate of drug-likeness (QED) is 0.894. The van der Waals surface area contributed by atoms with Crippen LogP contribution in [-0.4, -0.2) is 9.67 Å². The highest BCUT2D eigenvalue weighted by atomic mass is 16.3. The van der Waals surface area contributed by atoms with Crippen LogP contribution >= 0.6 is 0 Å². The highest BCUT2D eigenvalue weighted by Gasteiger charge is 2.24. The second-order valence-corrected chi connectivity index (χ2v) is 6.04. The lowest BCUT2D eigenvalue weighted by molar-refractivity contribution is 0.0757. The van der Waals surface area contributed by atoms with Gasteiger partial charge in [0.2, 0.25) is 0 Å². The average Bonchev–Trinajstić information content (AvgIpc) is 2.13. The molecule has 1 N–H and O–H groups in total. The zero-order valence-electron chi connectivity index (χ0n) is 12.4. The van der Waals surface area contributed by atoms with Crippen LogP contribution in [0.1, 0.15) is 50.9 Å². The summed E-state index contributed by atoms with van der Waals surface area (Å²) in [4.78, 5) is 12.5. The number of hydrogen-bond donors (Lipinski definition) is 1. The molecule has 0 saturated carbocycles. The number of aromatic nitrogens is 1. The summed E-state index contributed by atoms with van der Waals surface area (Å²) in [7, 11) is 0. The molecule has 18 heavy (non-hydrogen) atoms. The number of hydrogen-bond acceptors (Lipinski definition) is 2. The fourth-order valence-corrected chi connectivity index (χ4v) is 2.34. The Hall–Kier alpha value is -1.09. The Morgan fingerprint density at radius 1 is 1.33 bits per heavy atom. The first-order valence-corrected chi connectivity index (χ1v) is 6.58. The van der Waals surface area contributed by atoms with Gasteiger partial charge in [0, 0.05) is 12.2 Å². The van der Waals surface area contributed by atoms with Crippen LogP contribution < -0.4 is 5.56 Å². The monoisotopic (exact) mass is 251 g/mol. The molecule has 0 bridgehead atoms. The van der Waals surface area contributed by atoms with E-state index in [9.17, 15) is 9.90 Å². The van der Waals surface area contributed by atoms with Gasteiger partial charge >= 0.3 is 0 Å². The minimum atomic E-state index is -1.09. The Bertz CT molecular complexity index is 478. The zero-order chi connectivity index (χ0) is 14.1. The number of aliphatic hydroxyl groups is 1. The molecule has 102 valence electrons. The van der Waals surface area contributed by atoms with Crippen LogP contribution in [0.15, 0.2) is 10.9 Å². The highest BCUT2D eigenvalue weighted by Crippen LogP contribution is 2.20. The fraction of sp³-hybridized carbons (Fsp3) is 0.667. The normalized spacial score (nSPS) is 12.2. The molecule has 0 aliphatic rings. The topological polar surface area (TPSA) is 42.2 Å². The van der Waals surface area contributed by atoms with Crippen LogP contribution in [0, 0.1) is 19.8 Å². The number of pyridine rings is 1. The number of aryl methyl sites for hydroxylation is 2. The summed E-state index contributed by atoms with van der Waals surface area (Å²) >= 11 is 0. The molecule has 0 amide bonds. The van der Waals surface area contributed by atoms with Gasteiger partial charge in [0.25, 0.3) is 5.56 Å². The lowest BCUT2D eigenvalue weighted by Crippen LogP contribution is -2.34. The second-order valence-electron chi connectivity index (χ2n) is 6.04. The van der Waals surface area contributed by atoms with Gasteiger partial charge in [-0.25, -0.2) is 0 Å². The minimum Gasteiger partial charge on any atom is -0.386 e. The first-order valence-electron chi connectivity index (χ1n) is 6.58. The molecule has 0 saturated heterocycles. The maximum Gasteiger partial charge on any atom is 0.257 e. The molecule has 3 heteroatoms. The van der Waals surface area contributed by atoms with Crippen LogP contribution in [0.2, 0.25) is 0 Å². The zero-order valence-corrected chi connectivity index (χ0v) is 12.4. The van der Waals surface area contributed by atoms with Crippen LogP contribution in [0.4, 0.5) is 0 Å². The van der Waals surface area contributed by atoms with E-state index >= 15 is 0 Å². The Morgan fingerprint density at radius 2 is 1.89 bits per heavy atom. The van der Waals surface area contributed by atoms with E-state index in [-0.39, 0.29) is 5.56 Å². The largest absolute Gasteiger partial charge is 0.386 e. The molecule has 0 spiro atoms. The molecular formula is C15H25NO2. The molecule has 1 aromatic rings. The average molecular weight is 251 g/mol. The van der Waals surface area contributed by atoms with Crippen molar-refractivity contribution in [1.29, 1.82) is 0 Å². The van der Waals surface area contributed by atoms with E-state index < -0.39 is 5.60 Å². The lowest BCUT2D eigenvalue weighted by Gasteiger charge is -2.22. The van der Waals surface area contributed by atoms with E-state index in [1.54, 1.807) is 18.4 Å². The third kappa shape index (κ3) is 3.22.